The van der Waals surface area contributed by atoms with E-state index in [1.165, 1.54) is 42.7 Å². The van der Waals surface area contributed by atoms with Crippen LogP contribution in [0.1, 0.15) is 5.56 Å². The lowest BCUT2D eigenvalue weighted by molar-refractivity contribution is 0.285. The molecule has 0 saturated heterocycles. The van der Waals surface area contributed by atoms with Gasteiger partial charge in [-0.1, -0.05) is 30.3 Å². The molecule has 7 nitrogen and oxygen atoms in total. The van der Waals surface area contributed by atoms with Gasteiger partial charge in [0.2, 0.25) is 5.88 Å². The number of aromatic nitrogens is 2. The van der Waals surface area contributed by atoms with Crippen molar-refractivity contribution in [3.63, 3.8) is 0 Å². The van der Waals surface area contributed by atoms with Crippen LogP contribution in [0.4, 0.5) is 20.2 Å². The van der Waals surface area contributed by atoms with Crippen molar-refractivity contribution in [2.24, 2.45) is 0 Å². The fourth-order valence-corrected chi connectivity index (χ4v) is 3.30. The Balaban J connectivity index is 0.000000342. The highest BCUT2D eigenvalue weighted by Crippen LogP contribution is 2.37. The number of fused-ring (bicyclic) bond motifs is 1. The van der Waals surface area contributed by atoms with Crippen LogP contribution in [0.5, 0.6) is 23.1 Å². The summed E-state index contributed by atoms with van der Waals surface area (Å²) in [6, 6.07) is 23.1. The van der Waals surface area contributed by atoms with E-state index >= 15 is 0 Å². The van der Waals surface area contributed by atoms with Crippen LogP contribution in [0.25, 0.3) is 10.9 Å². The number of nitrogen functional groups attached to an aromatic ring is 2. The molecular formula is C28H24F2N4O3. The Morgan fingerprint density at radius 3 is 2.16 bits per heavy atom. The molecule has 0 bridgehead atoms. The maximum atomic E-state index is 14.1. The summed E-state index contributed by atoms with van der Waals surface area (Å²) in [5, 5.41) is 0.563. The topological polar surface area (TPSA) is 106 Å². The predicted molar refractivity (Wildman–Crippen MR) is 139 cm³/mol. The largest absolute Gasteiger partial charge is 0.493 e. The third-order valence-corrected chi connectivity index (χ3v) is 5.15. The van der Waals surface area contributed by atoms with Crippen molar-refractivity contribution in [3.05, 3.63) is 108 Å². The van der Waals surface area contributed by atoms with Gasteiger partial charge in [-0.2, -0.15) is 0 Å². The molecule has 4 N–H and O–H groups in total. The summed E-state index contributed by atoms with van der Waals surface area (Å²) in [7, 11) is 1.54. The number of methoxy groups -OCH3 is 1. The zero-order chi connectivity index (χ0) is 26.2. The first-order valence-corrected chi connectivity index (χ1v) is 11.2. The number of nitrogens with zero attached hydrogens (tertiary/aromatic N) is 2. The van der Waals surface area contributed by atoms with E-state index in [-0.39, 0.29) is 17.4 Å². The van der Waals surface area contributed by atoms with Crippen molar-refractivity contribution in [1.82, 2.24) is 9.97 Å². The van der Waals surface area contributed by atoms with Gasteiger partial charge in [0.1, 0.15) is 18.8 Å². The highest BCUT2D eigenvalue weighted by molar-refractivity contribution is 5.87. The first-order chi connectivity index (χ1) is 17.9. The van der Waals surface area contributed by atoms with Gasteiger partial charge in [-0.15, -0.1) is 0 Å². The Kier molecular flexibility index (Phi) is 7.95. The second-order valence-corrected chi connectivity index (χ2v) is 7.82. The molecular weight excluding hydrogens is 478 g/mol. The zero-order valence-electron chi connectivity index (χ0n) is 19.9. The molecule has 4 aromatic carbocycles. The molecule has 1 aromatic heterocycles. The highest BCUT2D eigenvalue weighted by Gasteiger charge is 2.15. The minimum atomic E-state index is -0.577. The van der Waals surface area contributed by atoms with Crippen molar-refractivity contribution in [2.45, 2.75) is 6.61 Å². The van der Waals surface area contributed by atoms with Gasteiger partial charge in [0, 0.05) is 23.5 Å². The van der Waals surface area contributed by atoms with Gasteiger partial charge in [0.25, 0.3) is 0 Å². The molecule has 0 saturated carbocycles. The lowest BCUT2D eigenvalue weighted by atomic mass is 10.2. The van der Waals surface area contributed by atoms with Crippen LogP contribution >= 0.6 is 0 Å². The van der Waals surface area contributed by atoms with Crippen LogP contribution in [0.3, 0.4) is 0 Å². The molecule has 0 aliphatic heterocycles. The van der Waals surface area contributed by atoms with Gasteiger partial charge < -0.3 is 25.7 Å². The molecule has 0 radical (unpaired) electrons. The molecule has 9 heteroatoms. The Morgan fingerprint density at radius 2 is 1.49 bits per heavy atom. The summed E-state index contributed by atoms with van der Waals surface area (Å²) < 4.78 is 43.2. The number of hydrogen-bond donors (Lipinski definition) is 2. The number of benzene rings is 4. The second-order valence-electron chi connectivity index (χ2n) is 7.82. The quantitative estimate of drug-likeness (QED) is 0.269. The number of anilines is 2. The van der Waals surface area contributed by atoms with Crippen LogP contribution < -0.4 is 25.7 Å². The highest BCUT2D eigenvalue weighted by atomic mass is 19.1. The van der Waals surface area contributed by atoms with E-state index in [1.807, 2.05) is 30.3 Å². The van der Waals surface area contributed by atoms with Gasteiger partial charge in [-0.05, 0) is 48.0 Å². The van der Waals surface area contributed by atoms with E-state index in [1.54, 1.807) is 25.3 Å². The number of halogens is 2. The second kappa shape index (κ2) is 11.7. The number of rotatable bonds is 6. The van der Waals surface area contributed by atoms with Crippen LogP contribution in [0, 0.1) is 11.6 Å². The van der Waals surface area contributed by atoms with E-state index in [0.29, 0.717) is 40.4 Å². The first kappa shape index (κ1) is 25.2. The van der Waals surface area contributed by atoms with E-state index in [2.05, 4.69) is 9.97 Å². The van der Waals surface area contributed by atoms with Gasteiger partial charge in [0.05, 0.1) is 18.0 Å². The van der Waals surface area contributed by atoms with E-state index in [4.69, 9.17) is 25.7 Å². The van der Waals surface area contributed by atoms with E-state index in [0.717, 1.165) is 5.56 Å². The number of nitrogens with two attached hydrogens (primary N) is 2. The Hall–Kier alpha value is -4.92. The normalized spacial score (nSPS) is 10.4. The van der Waals surface area contributed by atoms with Gasteiger partial charge in [0.15, 0.2) is 23.1 Å². The molecule has 37 heavy (non-hydrogen) atoms. The third-order valence-electron chi connectivity index (χ3n) is 5.15. The molecule has 5 aromatic rings. The monoisotopic (exact) mass is 502 g/mol. The average molecular weight is 503 g/mol. The fourth-order valence-electron chi connectivity index (χ4n) is 3.30. The summed E-state index contributed by atoms with van der Waals surface area (Å²) in [6.07, 6.45) is 1.35. The first-order valence-electron chi connectivity index (χ1n) is 11.2. The average Bonchev–Trinajstić information content (AvgIpc) is 2.91. The lowest BCUT2D eigenvalue weighted by Gasteiger charge is -2.13. The summed E-state index contributed by atoms with van der Waals surface area (Å²) in [4.78, 5) is 8.41. The SMILES string of the molecule is COc1cc2c(Oc3ccc(N)cc3F)ncnc2cc1OCc1ccccc1.Nc1ccc(F)cc1. The smallest absolute Gasteiger partial charge is 0.230 e. The maximum Gasteiger partial charge on any atom is 0.230 e. The van der Waals surface area contributed by atoms with E-state index < -0.39 is 5.82 Å². The van der Waals surface area contributed by atoms with Crippen molar-refractivity contribution in [3.8, 4) is 23.1 Å². The molecule has 5 rings (SSSR count). The van der Waals surface area contributed by atoms with Crippen molar-refractivity contribution < 1.29 is 23.0 Å². The predicted octanol–water partition coefficient (Wildman–Crippen LogP) is 6.14. The van der Waals surface area contributed by atoms with E-state index in [9.17, 15) is 8.78 Å². The minimum absolute atomic E-state index is 0.0163. The lowest BCUT2D eigenvalue weighted by Crippen LogP contribution is -1.99. The Morgan fingerprint density at radius 1 is 0.757 bits per heavy atom. The van der Waals surface area contributed by atoms with Crippen molar-refractivity contribution in [1.29, 1.82) is 0 Å². The third kappa shape index (κ3) is 6.61. The standard InChI is InChI=1S/C22H18FN3O3.C6H6FN/c1-27-20-10-16-18(11-21(20)28-12-14-5-3-2-4-6-14)25-13-26-22(16)29-19-8-7-15(24)9-17(19)23;7-5-1-3-6(8)4-2-5/h2-11,13H,12,24H2,1H3;1-4H,8H2. The molecule has 0 aliphatic rings. The number of hydrogen-bond acceptors (Lipinski definition) is 7. The van der Waals surface area contributed by atoms with Crippen LogP contribution in [0.15, 0.2) is 91.3 Å². The van der Waals surface area contributed by atoms with Crippen LogP contribution in [0.2, 0.25) is 0 Å². The fraction of sp³-hybridized carbons (Fsp3) is 0.0714. The Bertz CT molecular complexity index is 1460. The van der Waals surface area contributed by atoms with Crippen LogP contribution in [-0.2, 0) is 6.61 Å². The Labute approximate surface area is 212 Å². The zero-order valence-corrected chi connectivity index (χ0v) is 19.9. The summed E-state index contributed by atoms with van der Waals surface area (Å²) >= 11 is 0. The molecule has 0 atom stereocenters. The molecule has 0 spiro atoms. The number of ether oxygens (including phenoxy) is 3. The summed E-state index contributed by atoms with van der Waals surface area (Å²) in [6.45, 7) is 0.383. The van der Waals surface area contributed by atoms with Crippen molar-refractivity contribution >= 4 is 22.3 Å². The van der Waals surface area contributed by atoms with Crippen LogP contribution in [-0.4, -0.2) is 17.1 Å². The molecule has 0 aliphatic carbocycles. The molecule has 0 amide bonds. The maximum absolute atomic E-state index is 14.1. The van der Waals surface area contributed by atoms with Crippen molar-refractivity contribution in [2.75, 3.05) is 18.6 Å². The molecule has 0 fully saturated rings. The minimum Gasteiger partial charge on any atom is -0.493 e. The van der Waals surface area contributed by atoms with Gasteiger partial charge >= 0.3 is 0 Å². The molecule has 1 heterocycles. The van der Waals surface area contributed by atoms with Gasteiger partial charge in [-0.3, -0.25) is 0 Å². The molecule has 188 valence electrons. The molecule has 0 unspecified atom stereocenters. The summed E-state index contributed by atoms with van der Waals surface area (Å²) in [5.74, 6) is 0.415. The summed E-state index contributed by atoms with van der Waals surface area (Å²) in [5.41, 5.74) is 13.4. The van der Waals surface area contributed by atoms with Gasteiger partial charge in [-0.25, -0.2) is 18.7 Å².